The molecule has 0 saturated carbocycles. The molecule has 5 heteroatoms. The maximum Gasteiger partial charge on any atom is 0.411 e. The summed E-state index contributed by atoms with van der Waals surface area (Å²) in [6, 6.07) is 0.163. The van der Waals surface area contributed by atoms with E-state index >= 15 is 0 Å². The zero-order valence-electron chi connectivity index (χ0n) is 13.0. The van der Waals surface area contributed by atoms with Crippen LogP contribution in [0.2, 0.25) is 0 Å². The largest absolute Gasteiger partial charge is 0.411 e. The van der Waals surface area contributed by atoms with Crippen LogP contribution in [0.25, 0.3) is 0 Å². The minimum atomic E-state index is -4.23. The van der Waals surface area contributed by atoms with Crippen LogP contribution >= 0.6 is 0 Å². The van der Waals surface area contributed by atoms with Gasteiger partial charge in [-0.15, -0.1) is 0 Å². The molecule has 21 heavy (non-hydrogen) atoms. The van der Waals surface area contributed by atoms with E-state index in [-0.39, 0.29) is 12.6 Å². The molecule has 0 heterocycles. The first-order valence-corrected chi connectivity index (χ1v) is 8.09. The van der Waals surface area contributed by atoms with Crippen LogP contribution < -0.4 is 5.32 Å². The van der Waals surface area contributed by atoms with Crippen molar-refractivity contribution in [2.45, 2.75) is 70.5 Å². The molecule has 0 aromatic heterocycles. The summed E-state index contributed by atoms with van der Waals surface area (Å²) in [5.74, 6) is 0. The number of alkyl halides is 3. The summed E-state index contributed by atoms with van der Waals surface area (Å²) < 4.78 is 41.0. The first kappa shape index (κ1) is 18.5. The Morgan fingerprint density at radius 3 is 2.71 bits per heavy atom. The maximum atomic E-state index is 12.1. The topological polar surface area (TPSA) is 21.3 Å². The highest BCUT2D eigenvalue weighted by Gasteiger charge is 2.27. The van der Waals surface area contributed by atoms with Crippen molar-refractivity contribution in [3.8, 4) is 0 Å². The third kappa shape index (κ3) is 9.14. The Morgan fingerprint density at radius 2 is 2.00 bits per heavy atom. The molecule has 1 N–H and O–H groups in total. The Balaban J connectivity index is 2.45. The van der Waals surface area contributed by atoms with Crippen LogP contribution in [-0.2, 0) is 4.74 Å². The van der Waals surface area contributed by atoms with Crippen LogP contribution in [-0.4, -0.2) is 32.0 Å². The smallest absolute Gasteiger partial charge is 0.372 e. The molecule has 1 aliphatic carbocycles. The lowest BCUT2D eigenvalue weighted by atomic mass is 9.93. The molecular formula is C16H28F3NO. The highest BCUT2D eigenvalue weighted by atomic mass is 19.4. The van der Waals surface area contributed by atoms with Gasteiger partial charge in [-0.25, -0.2) is 0 Å². The third-order valence-electron chi connectivity index (χ3n) is 3.73. The number of hydrogen-bond acceptors (Lipinski definition) is 2. The molecule has 1 aliphatic rings. The molecule has 1 unspecified atom stereocenters. The summed E-state index contributed by atoms with van der Waals surface area (Å²) in [4.78, 5) is 0. The van der Waals surface area contributed by atoms with Gasteiger partial charge in [0.1, 0.15) is 6.61 Å². The summed E-state index contributed by atoms with van der Waals surface area (Å²) in [7, 11) is 0. The highest BCUT2D eigenvalue weighted by molar-refractivity contribution is 5.11. The SMILES string of the molecule is CCCNC(CCOCC(F)(F)F)C1=CCCCCCC1. The third-order valence-corrected chi connectivity index (χ3v) is 3.73. The molecule has 1 atom stereocenters. The van der Waals surface area contributed by atoms with Gasteiger partial charge in [0, 0.05) is 12.6 Å². The molecule has 1 rings (SSSR count). The molecule has 0 aromatic carbocycles. The molecule has 0 aliphatic heterocycles. The lowest BCUT2D eigenvalue weighted by Gasteiger charge is -2.23. The number of allylic oxidation sites excluding steroid dienone is 1. The lowest BCUT2D eigenvalue weighted by Crippen LogP contribution is -2.33. The molecule has 0 fully saturated rings. The fraction of sp³-hybridized carbons (Fsp3) is 0.875. The van der Waals surface area contributed by atoms with Gasteiger partial charge in [-0.3, -0.25) is 0 Å². The first-order chi connectivity index (χ1) is 10.0. The molecule has 0 bridgehead atoms. The molecule has 2 nitrogen and oxygen atoms in total. The minimum absolute atomic E-state index is 0.151. The van der Waals surface area contributed by atoms with Crippen molar-refractivity contribution in [3.05, 3.63) is 11.6 Å². The van der Waals surface area contributed by atoms with Crippen molar-refractivity contribution in [1.82, 2.24) is 5.32 Å². The van der Waals surface area contributed by atoms with Crippen LogP contribution in [0.15, 0.2) is 11.6 Å². The van der Waals surface area contributed by atoms with E-state index in [2.05, 4.69) is 18.3 Å². The Labute approximate surface area is 126 Å². The average Bonchev–Trinajstić information content (AvgIpc) is 2.37. The monoisotopic (exact) mass is 307 g/mol. The Morgan fingerprint density at radius 1 is 1.24 bits per heavy atom. The lowest BCUT2D eigenvalue weighted by molar-refractivity contribution is -0.174. The van der Waals surface area contributed by atoms with Gasteiger partial charge in [-0.05, 0) is 45.1 Å². The van der Waals surface area contributed by atoms with Crippen molar-refractivity contribution < 1.29 is 17.9 Å². The van der Waals surface area contributed by atoms with E-state index in [0.717, 1.165) is 25.8 Å². The summed E-state index contributed by atoms with van der Waals surface area (Å²) in [6.45, 7) is 1.99. The Hall–Kier alpha value is -0.550. The number of hydrogen-bond donors (Lipinski definition) is 1. The molecule has 124 valence electrons. The number of ether oxygens (including phenoxy) is 1. The van der Waals surface area contributed by atoms with Crippen molar-refractivity contribution in [2.24, 2.45) is 0 Å². The predicted molar refractivity (Wildman–Crippen MR) is 79.4 cm³/mol. The van der Waals surface area contributed by atoms with Gasteiger partial charge in [0.2, 0.25) is 0 Å². The van der Waals surface area contributed by atoms with E-state index in [1.54, 1.807) is 0 Å². The van der Waals surface area contributed by atoms with Crippen molar-refractivity contribution in [2.75, 3.05) is 19.8 Å². The van der Waals surface area contributed by atoms with Crippen LogP contribution in [0.3, 0.4) is 0 Å². The van der Waals surface area contributed by atoms with Crippen LogP contribution in [0.4, 0.5) is 13.2 Å². The first-order valence-electron chi connectivity index (χ1n) is 8.09. The summed E-state index contributed by atoms with van der Waals surface area (Å²) >= 11 is 0. The van der Waals surface area contributed by atoms with E-state index in [9.17, 15) is 13.2 Å². The fourth-order valence-corrected chi connectivity index (χ4v) is 2.66. The average molecular weight is 307 g/mol. The van der Waals surface area contributed by atoms with Gasteiger partial charge < -0.3 is 10.1 Å². The summed E-state index contributed by atoms with van der Waals surface area (Å²) in [5.41, 5.74) is 1.36. The van der Waals surface area contributed by atoms with Gasteiger partial charge in [0.15, 0.2) is 0 Å². The summed E-state index contributed by atoms with van der Waals surface area (Å²) in [5, 5.41) is 3.46. The van der Waals surface area contributed by atoms with E-state index in [1.807, 2.05) is 0 Å². The summed E-state index contributed by atoms with van der Waals surface area (Å²) in [6.07, 6.45) is 6.77. The number of rotatable bonds is 8. The number of halogens is 3. The van der Waals surface area contributed by atoms with E-state index < -0.39 is 12.8 Å². The van der Waals surface area contributed by atoms with Crippen molar-refractivity contribution in [1.29, 1.82) is 0 Å². The highest BCUT2D eigenvalue weighted by Crippen LogP contribution is 2.21. The van der Waals surface area contributed by atoms with Crippen LogP contribution in [0.1, 0.15) is 58.3 Å². The zero-order valence-corrected chi connectivity index (χ0v) is 13.0. The molecule has 0 spiro atoms. The van der Waals surface area contributed by atoms with Gasteiger partial charge in [-0.2, -0.15) is 13.2 Å². The molecule has 0 amide bonds. The second-order valence-electron chi connectivity index (χ2n) is 5.70. The number of nitrogens with one attached hydrogen (secondary N) is 1. The molecule has 0 radical (unpaired) electrons. The molecule has 0 saturated heterocycles. The maximum absolute atomic E-state index is 12.1. The van der Waals surface area contributed by atoms with Crippen LogP contribution in [0.5, 0.6) is 0 Å². The van der Waals surface area contributed by atoms with Gasteiger partial charge in [0.05, 0.1) is 0 Å². The van der Waals surface area contributed by atoms with Gasteiger partial charge >= 0.3 is 6.18 Å². The Kier molecular flexibility index (Phi) is 9.00. The quantitative estimate of drug-likeness (QED) is 0.522. The van der Waals surface area contributed by atoms with E-state index in [1.165, 1.54) is 31.3 Å². The standard InChI is InChI=1S/C16H28F3NO/c1-2-11-20-15(10-12-21-13-16(17,18)19)14-8-6-4-3-5-7-9-14/h8,15,20H,2-7,9-13H2,1H3. The van der Waals surface area contributed by atoms with Gasteiger partial charge in [-0.1, -0.05) is 31.4 Å². The van der Waals surface area contributed by atoms with Crippen LogP contribution in [0, 0.1) is 0 Å². The van der Waals surface area contributed by atoms with E-state index in [0.29, 0.717) is 6.42 Å². The van der Waals surface area contributed by atoms with Crippen molar-refractivity contribution in [3.63, 3.8) is 0 Å². The second kappa shape index (κ2) is 10.2. The predicted octanol–water partition coefficient (Wildman–Crippen LogP) is 4.60. The van der Waals surface area contributed by atoms with E-state index in [4.69, 9.17) is 4.74 Å². The fourth-order valence-electron chi connectivity index (χ4n) is 2.66. The molecular weight excluding hydrogens is 279 g/mol. The van der Waals surface area contributed by atoms with Gasteiger partial charge in [0.25, 0.3) is 0 Å². The molecule has 0 aromatic rings. The van der Waals surface area contributed by atoms with Crippen molar-refractivity contribution >= 4 is 0 Å². The minimum Gasteiger partial charge on any atom is -0.372 e. The zero-order chi connectivity index (χ0) is 15.6. The second-order valence-corrected chi connectivity index (χ2v) is 5.70. The Bertz CT molecular complexity index is 302. The normalized spacial score (nSPS) is 18.8.